The van der Waals surface area contributed by atoms with Crippen LogP contribution in [0.4, 0.5) is 17.1 Å². The molecule has 0 aliphatic carbocycles. The third-order valence-corrected chi connectivity index (χ3v) is 3.41. The van der Waals surface area contributed by atoms with Gasteiger partial charge in [0.05, 0.1) is 0 Å². The molecule has 1 aromatic heterocycles. The summed E-state index contributed by atoms with van der Waals surface area (Å²) in [6.07, 6.45) is 0. The zero-order valence-electron chi connectivity index (χ0n) is 11.5. The maximum Gasteiger partial charge on any atom is 0.291 e. The highest BCUT2D eigenvalue weighted by Gasteiger charge is 2.10. The molecule has 2 aromatic carbocycles. The van der Waals surface area contributed by atoms with Crippen LogP contribution in [-0.4, -0.2) is 5.91 Å². The lowest BCUT2D eigenvalue weighted by Gasteiger charge is -2.09. The van der Waals surface area contributed by atoms with Gasteiger partial charge in [-0.3, -0.25) is 4.79 Å². The van der Waals surface area contributed by atoms with Crippen molar-refractivity contribution >= 4 is 38.9 Å². The average Bonchev–Trinajstić information content (AvgIpc) is 2.95. The van der Waals surface area contributed by atoms with Crippen LogP contribution in [0, 0.1) is 0 Å². The van der Waals surface area contributed by atoms with E-state index in [1.807, 2.05) is 54.6 Å². The van der Waals surface area contributed by atoms with Crippen molar-refractivity contribution in [2.45, 2.75) is 0 Å². The van der Waals surface area contributed by atoms with Gasteiger partial charge in [-0.25, -0.2) is 0 Å². The van der Waals surface area contributed by atoms with Gasteiger partial charge in [0.25, 0.3) is 5.91 Å². The lowest BCUT2D eigenvalue weighted by atomic mass is 10.2. The van der Waals surface area contributed by atoms with Crippen molar-refractivity contribution in [2.24, 2.45) is 0 Å². The summed E-state index contributed by atoms with van der Waals surface area (Å²) in [5, 5.41) is 6.08. The standard InChI is InChI=1S/C17H13BrN2O2/c18-16-10-9-15(22-16)17(21)20-14-8-4-7-13(11-14)19-12-5-2-1-3-6-12/h1-11,19H,(H,20,21). The summed E-state index contributed by atoms with van der Waals surface area (Å²) >= 11 is 3.18. The van der Waals surface area contributed by atoms with Gasteiger partial charge in [0, 0.05) is 17.1 Å². The highest BCUT2D eigenvalue weighted by Crippen LogP contribution is 2.21. The quantitative estimate of drug-likeness (QED) is 0.688. The van der Waals surface area contributed by atoms with Gasteiger partial charge in [-0.2, -0.15) is 0 Å². The lowest BCUT2D eigenvalue weighted by molar-refractivity contribution is 0.0995. The predicted molar refractivity (Wildman–Crippen MR) is 90.5 cm³/mol. The molecule has 1 amide bonds. The molecule has 3 rings (SSSR count). The van der Waals surface area contributed by atoms with Gasteiger partial charge in [0.1, 0.15) is 0 Å². The van der Waals surface area contributed by atoms with Gasteiger partial charge in [-0.1, -0.05) is 24.3 Å². The van der Waals surface area contributed by atoms with Crippen molar-refractivity contribution in [1.82, 2.24) is 0 Å². The van der Waals surface area contributed by atoms with Gasteiger partial charge in [-0.15, -0.1) is 0 Å². The Bertz CT molecular complexity index is 784. The Kier molecular flexibility index (Phi) is 4.25. The summed E-state index contributed by atoms with van der Waals surface area (Å²) in [4.78, 5) is 12.1. The number of benzene rings is 2. The summed E-state index contributed by atoms with van der Waals surface area (Å²) < 4.78 is 5.76. The Morgan fingerprint density at radius 1 is 0.864 bits per heavy atom. The van der Waals surface area contributed by atoms with E-state index in [1.165, 1.54) is 0 Å². The van der Waals surface area contributed by atoms with E-state index < -0.39 is 0 Å². The fraction of sp³-hybridized carbons (Fsp3) is 0. The van der Waals surface area contributed by atoms with Crippen molar-refractivity contribution in [3.05, 3.63) is 77.2 Å². The highest BCUT2D eigenvalue weighted by molar-refractivity contribution is 9.10. The molecule has 110 valence electrons. The minimum Gasteiger partial charge on any atom is -0.444 e. The van der Waals surface area contributed by atoms with Crippen molar-refractivity contribution in [3.63, 3.8) is 0 Å². The SMILES string of the molecule is O=C(Nc1cccc(Nc2ccccc2)c1)c1ccc(Br)o1. The normalized spacial score (nSPS) is 10.2. The van der Waals surface area contributed by atoms with Crippen LogP contribution in [-0.2, 0) is 0 Å². The fourth-order valence-corrected chi connectivity index (χ4v) is 2.30. The Balaban J connectivity index is 1.72. The maximum atomic E-state index is 12.1. The van der Waals surface area contributed by atoms with Crippen molar-refractivity contribution in [3.8, 4) is 0 Å². The van der Waals surface area contributed by atoms with Crippen molar-refractivity contribution < 1.29 is 9.21 Å². The lowest BCUT2D eigenvalue weighted by Crippen LogP contribution is -2.10. The number of carbonyl (C=O) groups is 1. The minimum absolute atomic E-state index is 0.258. The monoisotopic (exact) mass is 356 g/mol. The zero-order chi connectivity index (χ0) is 15.4. The Labute approximate surface area is 136 Å². The van der Waals surface area contributed by atoms with Crippen LogP contribution in [0.3, 0.4) is 0 Å². The van der Waals surface area contributed by atoms with Gasteiger partial charge in [-0.05, 0) is 58.4 Å². The van der Waals surface area contributed by atoms with E-state index >= 15 is 0 Å². The molecule has 5 heteroatoms. The third-order valence-electron chi connectivity index (χ3n) is 2.98. The first kappa shape index (κ1) is 14.4. The van der Waals surface area contributed by atoms with Crippen molar-refractivity contribution in [1.29, 1.82) is 0 Å². The summed E-state index contributed by atoms with van der Waals surface area (Å²) in [6.45, 7) is 0. The van der Waals surface area contributed by atoms with Crippen LogP contribution in [0.5, 0.6) is 0 Å². The van der Waals surface area contributed by atoms with Gasteiger partial charge in [0.15, 0.2) is 10.4 Å². The summed E-state index contributed by atoms with van der Waals surface area (Å²) in [6, 6.07) is 20.6. The smallest absolute Gasteiger partial charge is 0.291 e. The molecule has 0 aliphatic heterocycles. The van der Waals surface area contributed by atoms with E-state index in [9.17, 15) is 4.79 Å². The first-order chi connectivity index (χ1) is 10.7. The average molecular weight is 357 g/mol. The van der Waals surface area contributed by atoms with E-state index in [0.717, 1.165) is 11.4 Å². The minimum atomic E-state index is -0.289. The first-order valence-corrected chi connectivity index (χ1v) is 7.49. The maximum absolute atomic E-state index is 12.1. The summed E-state index contributed by atoms with van der Waals surface area (Å²) in [5.74, 6) is -0.0316. The zero-order valence-corrected chi connectivity index (χ0v) is 13.1. The Morgan fingerprint density at radius 2 is 1.59 bits per heavy atom. The van der Waals surface area contributed by atoms with Crippen LogP contribution in [0.2, 0.25) is 0 Å². The van der Waals surface area contributed by atoms with Crippen LogP contribution >= 0.6 is 15.9 Å². The Hall–Kier alpha value is -2.53. The molecule has 4 nitrogen and oxygen atoms in total. The van der Waals surface area contributed by atoms with Crippen molar-refractivity contribution in [2.75, 3.05) is 10.6 Å². The van der Waals surface area contributed by atoms with Crippen LogP contribution in [0.15, 0.2) is 75.8 Å². The molecule has 3 aromatic rings. The van der Waals surface area contributed by atoms with E-state index in [0.29, 0.717) is 10.4 Å². The molecule has 2 N–H and O–H groups in total. The molecule has 1 heterocycles. The molecular weight excluding hydrogens is 344 g/mol. The molecule has 0 radical (unpaired) electrons. The Morgan fingerprint density at radius 3 is 2.32 bits per heavy atom. The molecule has 0 saturated heterocycles. The number of anilines is 3. The topological polar surface area (TPSA) is 54.3 Å². The first-order valence-electron chi connectivity index (χ1n) is 6.69. The fourth-order valence-electron chi connectivity index (χ4n) is 1.99. The second-order valence-electron chi connectivity index (χ2n) is 4.63. The molecule has 0 unspecified atom stereocenters. The molecule has 0 spiro atoms. The van der Waals surface area contributed by atoms with E-state index in [1.54, 1.807) is 12.1 Å². The number of halogens is 1. The number of carbonyl (C=O) groups excluding carboxylic acids is 1. The molecule has 0 saturated carbocycles. The van der Waals surface area contributed by atoms with Crippen LogP contribution in [0.25, 0.3) is 0 Å². The number of nitrogens with one attached hydrogen (secondary N) is 2. The van der Waals surface area contributed by atoms with E-state index in [-0.39, 0.29) is 11.7 Å². The number of hydrogen-bond acceptors (Lipinski definition) is 3. The highest BCUT2D eigenvalue weighted by atomic mass is 79.9. The summed E-state index contributed by atoms with van der Waals surface area (Å²) in [7, 11) is 0. The largest absolute Gasteiger partial charge is 0.444 e. The molecule has 0 atom stereocenters. The van der Waals surface area contributed by atoms with E-state index in [4.69, 9.17) is 4.42 Å². The third kappa shape index (κ3) is 3.56. The number of furan rings is 1. The second-order valence-corrected chi connectivity index (χ2v) is 5.41. The van der Waals surface area contributed by atoms with Gasteiger partial charge in [0.2, 0.25) is 0 Å². The number of para-hydroxylation sites is 1. The number of amides is 1. The molecule has 0 fully saturated rings. The number of rotatable bonds is 4. The summed E-state index contributed by atoms with van der Waals surface area (Å²) in [5.41, 5.74) is 2.57. The second kappa shape index (κ2) is 6.49. The van der Waals surface area contributed by atoms with Crippen LogP contribution < -0.4 is 10.6 Å². The molecule has 0 aliphatic rings. The molecule has 0 bridgehead atoms. The predicted octanol–water partition coefficient (Wildman–Crippen LogP) is 5.04. The number of hydrogen-bond donors (Lipinski definition) is 2. The molecular formula is C17H13BrN2O2. The van der Waals surface area contributed by atoms with Gasteiger partial charge < -0.3 is 15.1 Å². The van der Waals surface area contributed by atoms with E-state index in [2.05, 4.69) is 26.6 Å². The molecule has 22 heavy (non-hydrogen) atoms. The van der Waals surface area contributed by atoms with Crippen LogP contribution in [0.1, 0.15) is 10.6 Å². The van der Waals surface area contributed by atoms with Gasteiger partial charge >= 0.3 is 0 Å².